The van der Waals surface area contributed by atoms with Crippen LogP contribution >= 0.6 is 46.4 Å². The molecule has 0 bridgehead atoms. The summed E-state index contributed by atoms with van der Waals surface area (Å²) in [7, 11) is 0. The van der Waals surface area contributed by atoms with Crippen LogP contribution in [0, 0.1) is 0 Å². The Morgan fingerprint density at radius 2 is 1.64 bits per heavy atom. The van der Waals surface area contributed by atoms with Gasteiger partial charge in [0.1, 0.15) is 0 Å². The summed E-state index contributed by atoms with van der Waals surface area (Å²) in [5.41, 5.74) is 1.23. The molecule has 0 spiro atoms. The molecule has 4 rings (SSSR count). The third-order valence-electron chi connectivity index (χ3n) is 6.74. The Morgan fingerprint density at radius 1 is 0.944 bits per heavy atom. The van der Waals surface area contributed by atoms with E-state index in [0.29, 0.717) is 58.3 Å². The third kappa shape index (κ3) is 7.27. The molecule has 0 radical (unpaired) electrons. The molecule has 0 aliphatic carbocycles. The molecule has 10 heteroatoms. The zero-order chi connectivity index (χ0) is 25.7. The number of likely N-dealkylation sites (tertiary alicyclic amines) is 1. The molecule has 36 heavy (non-hydrogen) atoms. The summed E-state index contributed by atoms with van der Waals surface area (Å²) in [5, 5.41) is 8.38. The van der Waals surface area contributed by atoms with Crippen LogP contribution in [-0.2, 0) is 11.3 Å². The van der Waals surface area contributed by atoms with Crippen molar-refractivity contribution >= 4 is 58.2 Å². The lowest BCUT2D eigenvalue weighted by atomic mass is 10.1. The van der Waals surface area contributed by atoms with Gasteiger partial charge in [-0.2, -0.15) is 0 Å². The number of benzene rings is 2. The lowest BCUT2D eigenvalue weighted by Gasteiger charge is -2.32. The number of hydrogen-bond acceptors (Lipinski definition) is 4. The van der Waals surface area contributed by atoms with Crippen LogP contribution in [0.5, 0.6) is 0 Å². The number of piperidine rings is 1. The predicted octanol–water partition coefficient (Wildman–Crippen LogP) is 5.28. The van der Waals surface area contributed by atoms with E-state index < -0.39 is 0 Å². The molecule has 2 aromatic rings. The SMILES string of the molecule is O=C(NC[C@H]1CCN(Cc2ccc(Cl)cc2Cl)C(=O)[C@@H](CN2CCCCC2)N1)c1ccc(Cl)cc1Cl. The molecule has 2 aliphatic heterocycles. The first-order chi connectivity index (χ1) is 17.3. The Balaban J connectivity index is 1.46. The summed E-state index contributed by atoms with van der Waals surface area (Å²) in [6.07, 6.45) is 4.20. The highest BCUT2D eigenvalue weighted by Crippen LogP contribution is 2.24. The van der Waals surface area contributed by atoms with Crippen LogP contribution in [0.25, 0.3) is 0 Å². The predicted molar refractivity (Wildman–Crippen MR) is 146 cm³/mol. The number of carbonyl (C=O) groups excluding carboxylic acids is 2. The van der Waals surface area contributed by atoms with Crippen LogP contribution in [0.1, 0.15) is 41.6 Å². The van der Waals surface area contributed by atoms with Crippen molar-refractivity contribution in [2.24, 2.45) is 0 Å². The first kappa shape index (κ1) is 27.5. The van der Waals surface area contributed by atoms with Gasteiger partial charge in [-0.15, -0.1) is 0 Å². The zero-order valence-corrected chi connectivity index (χ0v) is 22.9. The normalized spacial score (nSPS) is 21.3. The van der Waals surface area contributed by atoms with Gasteiger partial charge < -0.3 is 20.4 Å². The van der Waals surface area contributed by atoms with Crippen molar-refractivity contribution in [3.63, 3.8) is 0 Å². The van der Waals surface area contributed by atoms with Gasteiger partial charge >= 0.3 is 0 Å². The van der Waals surface area contributed by atoms with Gasteiger partial charge in [0.05, 0.1) is 16.6 Å². The van der Waals surface area contributed by atoms with Crippen LogP contribution in [0.4, 0.5) is 0 Å². The van der Waals surface area contributed by atoms with E-state index in [9.17, 15) is 9.59 Å². The standard InChI is InChI=1S/C26H30Cl4N4O2/c27-18-5-4-17(22(29)12-18)15-34-11-8-20(14-31-25(35)21-7-6-19(28)13-23(21)30)32-24(26(34)36)16-33-9-2-1-3-10-33/h4-7,12-13,20,24,32H,1-3,8-11,14-16H2,(H,31,35)/t20-,24-/m1/s1. The second-order valence-electron chi connectivity index (χ2n) is 9.40. The molecule has 2 N–H and O–H groups in total. The number of nitrogens with zero attached hydrogens (tertiary/aromatic N) is 2. The highest BCUT2D eigenvalue weighted by molar-refractivity contribution is 6.36. The Kier molecular flexibility index (Phi) is 9.78. The van der Waals surface area contributed by atoms with E-state index in [1.165, 1.54) is 6.42 Å². The highest BCUT2D eigenvalue weighted by Gasteiger charge is 2.33. The second kappa shape index (κ2) is 12.8. The van der Waals surface area contributed by atoms with Crippen LogP contribution in [0.15, 0.2) is 36.4 Å². The average Bonchev–Trinajstić information content (AvgIpc) is 2.99. The van der Waals surface area contributed by atoms with Crippen molar-refractivity contribution < 1.29 is 9.59 Å². The largest absolute Gasteiger partial charge is 0.350 e. The molecular formula is C26H30Cl4N4O2. The van der Waals surface area contributed by atoms with Gasteiger partial charge in [0.15, 0.2) is 0 Å². The molecule has 2 atom stereocenters. The van der Waals surface area contributed by atoms with Gasteiger partial charge in [0, 0.05) is 47.3 Å². The van der Waals surface area contributed by atoms with Crippen molar-refractivity contribution in [2.45, 2.75) is 44.3 Å². The van der Waals surface area contributed by atoms with Gasteiger partial charge in [0.2, 0.25) is 5.91 Å². The fourth-order valence-corrected chi connectivity index (χ4v) is 5.73. The van der Waals surface area contributed by atoms with Crippen LogP contribution in [0.2, 0.25) is 20.1 Å². The molecule has 0 saturated carbocycles. The molecule has 2 aliphatic rings. The molecule has 2 fully saturated rings. The number of halogens is 4. The third-order valence-corrected chi connectivity index (χ3v) is 7.88. The second-order valence-corrected chi connectivity index (χ2v) is 11.1. The molecule has 2 amide bonds. The van der Waals surface area contributed by atoms with E-state index in [0.717, 1.165) is 31.5 Å². The van der Waals surface area contributed by atoms with Crippen molar-refractivity contribution in [3.8, 4) is 0 Å². The van der Waals surface area contributed by atoms with Gasteiger partial charge in [-0.25, -0.2) is 0 Å². The molecule has 2 heterocycles. The van der Waals surface area contributed by atoms with E-state index in [1.54, 1.807) is 30.3 Å². The number of hydrogen-bond donors (Lipinski definition) is 2. The maximum atomic E-state index is 13.6. The van der Waals surface area contributed by atoms with Crippen molar-refractivity contribution in [1.29, 1.82) is 0 Å². The van der Waals surface area contributed by atoms with E-state index in [4.69, 9.17) is 46.4 Å². The number of amides is 2. The topological polar surface area (TPSA) is 64.7 Å². The number of rotatable bonds is 7. The van der Waals surface area contributed by atoms with E-state index >= 15 is 0 Å². The minimum Gasteiger partial charge on any atom is -0.350 e. The van der Waals surface area contributed by atoms with Crippen LogP contribution in [0.3, 0.4) is 0 Å². The smallest absolute Gasteiger partial charge is 0.252 e. The van der Waals surface area contributed by atoms with Crippen LogP contribution < -0.4 is 10.6 Å². The minimum absolute atomic E-state index is 0.0427. The summed E-state index contributed by atoms with van der Waals surface area (Å²) in [4.78, 5) is 30.6. The summed E-state index contributed by atoms with van der Waals surface area (Å²) >= 11 is 24.6. The monoisotopic (exact) mass is 570 g/mol. The summed E-state index contributed by atoms with van der Waals surface area (Å²) in [6, 6.07) is 9.69. The van der Waals surface area contributed by atoms with E-state index in [2.05, 4.69) is 15.5 Å². The summed E-state index contributed by atoms with van der Waals surface area (Å²) < 4.78 is 0. The molecule has 194 valence electrons. The lowest BCUT2D eigenvalue weighted by Crippen LogP contribution is -2.54. The Morgan fingerprint density at radius 3 is 2.33 bits per heavy atom. The first-order valence-electron chi connectivity index (χ1n) is 12.2. The fourth-order valence-electron chi connectivity index (χ4n) is 4.77. The van der Waals surface area contributed by atoms with Gasteiger partial charge in [-0.3, -0.25) is 9.59 Å². The molecule has 2 aromatic carbocycles. The Labute approximate surface area is 232 Å². The molecule has 0 aromatic heterocycles. The van der Waals surface area contributed by atoms with Crippen LogP contribution in [-0.4, -0.2) is 66.4 Å². The number of carbonyl (C=O) groups is 2. The molecule has 2 saturated heterocycles. The quantitative estimate of drug-likeness (QED) is 0.475. The van der Waals surface area contributed by atoms with Crippen molar-refractivity contribution in [2.75, 3.05) is 32.7 Å². The van der Waals surface area contributed by atoms with E-state index in [1.807, 2.05) is 11.0 Å². The molecular weight excluding hydrogens is 542 g/mol. The van der Waals surface area contributed by atoms with Crippen molar-refractivity contribution in [1.82, 2.24) is 20.4 Å². The first-order valence-corrected chi connectivity index (χ1v) is 13.8. The van der Waals surface area contributed by atoms with Crippen molar-refractivity contribution in [3.05, 3.63) is 67.6 Å². The maximum absolute atomic E-state index is 13.6. The highest BCUT2D eigenvalue weighted by atomic mass is 35.5. The molecule has 0 unspecified atom stereocenters. The van der Waals surface area contributed by atoms with Gasteiger partial charge in [-0.05, 0) is 68.2 Å². The minimum atomic E-state index is -0.377. The summed E-state index contributed by atoms with van der Waals surface area (Å²) in [6.45, 7) is 3.94. The lowest BCUT2D eigenvalue weighted by molar-refractivity contribution is -0.133. The Bertz CT molecular complexity index is 1090. The molecule has 6 nitrogen and oxygen atoms in total. The maximum Gasteiger partial charge on any atom is 0.252 e. The average molecular weight is 572 g/mol. The summed E-state index contributed by atoms with van der Waals surface area (Å²) in [5.74, 6) is -0.229. The van der Waals surface area contributed by atoms with Gasteiger partial charge in [0.25, 0.3) is 5.91 Å². The fraction of sp³-hybridized carbons (Fsp3) is 0.462. The number of nitrogens with one attached hydrogen (secondary N) is 2. The Hall–Kier alpha value is -1.54. The van der Waals surface area contributed by atoms with Gasteiger partial charge in [-0.1, -0.05) is 58.9 Å². The van der Waals surface area contributed by atoms with E-state index in [-0.39, 0.29) is 23.9 Å². The zero-order valence-electron chi connectivity index (χ0n) is 19.9.